The molecular weight excluding hydrogens is 302 g/mol. The quantitative estimate of drug-likeness (QED) is 0.750. The van der Waals surface area contributed by atoms with Crippen LogP contribution in [0.3, 0.4) is 0 Å². The van der Waals surface area contributed by atoms with Crippen molar-refractivity contribution in [2.75, 3.05) is 20.8 Å². The van der Waals surface area contributed by atoms with Crippen molar-refractivity contribution in [1.29, 1.82) is 0 Å². The third-order valence-electron chi connectivity index (χ3n) is 3.34. The first-order valence-electron chi connectivity index (χ1n) is 7.08. The van der Waals surface area contributed by atoms with Crippen molar-refractivity contribution in [2.45, 2.75) is 19.8 Å². The van der Waals surface area contributed by atoms with Crippen LogP contribution in [0.2, 0.25) is 0 Å². The molecule has 0 saturated carbocycles. The average molecular weight is 321 g/mol. The fourth-order valence-electron chi connectivity index (χ4n) is 2.09. The summed E-state index contributed by atoms with van der Waals surface area (Å²) in [6.45, 7) is 2.50. The summed E-state index contributed by atoms with van der Waals surface area (Å²) in [4.78, 5) is 25.9. The Morgan fingerprint density at radius 3 is 2.64 bits per heavy atom. The number of hydrogen-bond acceptors (Lipinski definition) is 5. The van der Waals surface area contributed by atoms with Crippen LogP contribution in [0.4, 0.5) is 4.79 Å². The van der Waals surface area contributed by atoms with E-state index in [1.807, 2.05) is 6.92 Å². The maximum atomic E-state index is 12.3. The highest BCUT2D eigenvalue weighted by atomic mass is 32.2. The molecule has 0 atom stereocenters. The number of amides is 2. The van der Waals surface area contributed by atoms with E-state index in [9.17, 15) is 9.59 Å². The minimum Gasteiger partial charge on any atom is -0.497 e. The fourth-order valence-corrected chi connectivity index (χ4v) is 2.94. The molecule has 1 aromatic rings. The molecule has 0 unspecified atom stereocenters. The van der Waals surface area contributed by atoms with Gasteiger partial charge in [0.2, 0.25) is 0 Å². The van der Waals surface area contributed by atoms with Gasteiger partial charge in [-0.15, -0.1) is 0 Å². The zero-order chi connectivity index (χ0) is 16.1. The van der Waals surface area contributed by atoms with Crippen molar-refractivity contribution < 1.29 is 19.1 Å². The molecular formula is C16H19NO4S. The van der Waals surface area contributed by atoms with Gasteiger partial charge in [0.15, 0.2) is 0 Å². The predicted octanol–water partition coefficient (Wildman–Crippen LogP) is 3.54. The summed E-state index contributed by atoms with van der Waals surface area (Å²) in [7, 11) is 3.13. The van der Waals surface area contributed by atoms with Gasteiger partial charge in [-0.1, -0.05) is 13.3 Å². The fraction of sp³-hybridized carbons (Fsp3) is 0.375. The second-order valence-corrected chi connectivity index (χ2v) is 5.79. The van der Waals surface area contributed by atoms with Crippen molar-refractivity contribution in [1.82, 2.24) is 4.90 Å². The molecule has 1 heterocycles. The number of carbonyl (C=O) groups is 2. The van der Waals surface area contributed by atoms with E-state index in [0.29, 0.717) is 22.9 Å². The maximum absolute atomic E-state index is 12.3. The zero-order valence-corrected chi connectivity index (χ0v) is 13.7. The lowest BCUT2D eigenvalue weighted by Crippen LogP contribution is -2.29. The lowest BCUT2D eigenvalue weighted by molar-refractivity contribution is -0.122. The molecule has 0 radical (unpaired) electrons. The van der Waals surface area contributed by atoms with Crippen molar-refractivity contribution in [3.05, 3.63) is 28.7 Å². The number of thioether (sulfide) groups is 1. The molecule has 1 aromatic carbocycles. The first-order chi connectivity index (χ1) is 10.6. The number of benzene rings is 1. The molecule has 1 saturated heterocycles. The molecule has 1 fully saturated rings. The van der Waals surface area contributed by atoms with E-state index in [2.05, 4.69) is 0 Å². The molecule has 2 amide bonds. The minimum atomic E-state index is -0.235. The predicted molar refractivity (Wildman–Crippen MR) is 87.1 cm³/mol. The molecule has 0 aliphatic carbocycles. The lowest BCUT2D eigenvalue weighted by atomic mass is 10.1. The largest absolute Gasteiger partial charge is 0.497 e. The van der Waals surface area contributed by atoms with Gasteiger partial charge in [-0.25, -0.2) is 0 Å². The second kappa shape index (κ2) is 7.35. The van der Waals surface area contributed by atoms with Crippen molar-refractivity contribution in [3.8, 4) is 11.5 Å². The van der Waals surface area contributed by atoms with E-state index in [1.54, 1.807) is 38.5 Å². The highest BCUT2D eigenvalue weighted by molar-refractivity contribution is 8.18. The Balaban J connectivity index is 2.26. The summed E-state index contributed by atoms with van der Waals surface area (Å²) < 4.78 is 10.5. The molecule has 5 nitrogen and oxygen atoms in total. The van der Waals surface area contributed by atoms with Crippen LogP contribution in [0.15, 0.2) is 23.1 Å². The van der Waals surface area contributed by atoms with Crippen molar-refractivity contribution in [3.63, 3.8) is 0 Å². The lowest BCUT2D eigenvalue weighted by Gasteiger charge is -2.11. The smallest absolute Gasteiger partial charge is 0.293 e. The Morgan fingerprint density at radius 1 is 1.23 bits per heavy atom. The second-order valence-electron chi connectivity index (χ2n) is 4.79. The van der Waals surface area contributed by atoms with Crippen LogP contribution in [0.5, 0.6) is 11.5 Å². The van der Waals surface area contributed by atoms with Crippen LogP contribution >= 0.6 is 11.8 Å². The Bertz CT molecular complexity index is 612. The number of unbranched alkanes of at least 4 members (excludes halogenated alkanes) is 1. The number of nitrogens with zero attached hydrogens (tertiary/aromatic N) is 1. The van der Waals surface area contributed by atoms with Gasteiger partial charge in [0.25, 0.3) is 11.1 Å². The van der Waals surface area contributed by atoms with E-state index in [-0.39, 0.29) is 11.1 Å². The highest BCUT2D eigenvalue weighted by Crippen LogP contribution is 2.35. The Labute approximate surface area is 134 Å². The first-order valence-corrected chi connectivity index (χ1v) is 7.89. The topological polar surface area (TPSA) is 55.8 Å². The number of carbonyl (C=O) groups excluding carboxylic acids is 2. The monoisotopic (exact) mass is 321 g/mol. The van der Waals surface area contributed by atoms with Crippen LogP contribution in [0.25, 0.3) is 6.08 Å². The number of hydrogen-bond donors (Lipinski definition) is 0. The van der Waals surface area contributed by atoms with Gasteiger partial charge in [-0.3, -0.25) is 14.5 Å². The molecule has 0 aromatic heterocycles. The normalized spacial score (nSPS) is 16.5. The van der Waals surface area contributed by atoms with Gasteiger partial charge in [-0.05, 0) is 36.4 Å². The van der Waals surface area contributed by atoms with Gasteiger partial charge in [0, 0.05) is 18.2 Å². The van der Waals surface area contributed by atoms with Crippen molar-refractivity contribution >= 4 is 29.0 Å². The third-order valence-corrected chi connectivity index (χ3v) is 4.24. The van der Waals surface area contributed by atoms with Crippen LogP contribution in [-0.2, 0) is 4.79 Å². The Morgan fingerprint density at radius 2 is 2.00 bits per heavy atom. The molecule has 0 spiro atoms. The van der Waals surface area contributed by atoms with E-state index in [1.165, 1.54) is 4.90 Å². The minimum absolute atomic E-state index is 0.211. The van der Waals surface area contributed by atoms with Gasteiger partial charge < -0.3 is 9.47 Å². The standard InChI is InChI=1S/C16H19NO4S/c1-4-5-8-17-15(18)14(22-16(17)19)9-11-6-7-12(20-2)10-13(11)21-3/h6-7,9-10H,4-5,8H2,1-3H3/b14-9-. The van der Waals surface area contributed by atoms with Gasteiger partial charge in [0.05, 0.1) is 19.1 Å². The molecule has 1 aliphatic heterocycles. The summed E-state index contributed by atoms with van der Waals surface area (Å²) in [5.41, 5.74) is 0.740. The van der Waals surface area contributed by atoms with E-state index in [0.717, 1.165) is 30.2 Å². The van der Waals surface area contributed by atoms with Gasteiger partial charge in [-0.2, -0.15) is 0 Å². The maximum Gasteiger partial charge on any atom is 0.293 e. The Kier molecular flexibility index (Phi) is 5.49. The first kappa shape index (κ1) is 16.4. The average Bonchev–Trinajstić information content (AvgIpc) is 2.79. The highest BCUT2D eigenvalue weighted by Gasteiger charge is 2.34. The van der Waals surface area contributed by atoms with Gasteiger partial charge >= 0.3 is 0 Å². The summed E-state index contributed by atoms with van der Waals surface area (Å²) in [5, 5.41) is -0.211. The molecule has 1 aliphatic rings. The van der Waals surface area contributed by atoms with Gasteiger partial charge in [0.1, 0.15) is 11.5 Å². The zero-order valence-electron chi connectivity index (χ0n) is 12.9. The molecule has 0 N–H and O–H groups in total. The Hall–Kier alpha value is -1.95. The number of ether oxygens (including phenoxy) is 2. The number of imide groups is 1. The van der Waals surface area contributed by atoms with E-state index in [4.69, 9.17) is 9.47 Å². The summed E-state index contributed by atoms with van der Waals surface area (Å²) >= 11 is 0.968. The summed E-state index contributed by atoms with van der Waals surface area (Å²) in [5.74, 6) is 1.03. The SMILES string of the molecule is CCCCN1C(=O)S/C(=C\c2ccc(OC)cc2OC)C1=O. The molecule has 2 rings (SSSR count). The number of methoxy groups -OCH3 is 2. The molecule has 118 valence electrons. The van der Waals surface area contributed by atoms with E-state index < -0.39 is 0 Å². The van der Waals surface area contributed by atoms with E-state index >= 15 is 0 Å². The van der Waals surface area contributed by atoms with Crippen LogP contribution in [-0.4, -0.2) is 36.8 Å². The summed E-state index contributed by atoms with van der Waals surface area (Å²) in [6, 6.07) is 5.33. The van der Waals surface area contributed by atoms with Crippen LogP contribution in [0.1, 0.15) is 25.3 Å². The van der Waals surface area contributed by atoms with Crippen LogP contribution < -0.4 is 9.47 Å². The van der Waals surface area contributed by atoms with Crippen LogP contribution in [0, 0.1) is 0 Å². The van der Waals surface area contributed by atoms with Crippen molar-refractivity contribution in [2.24, 2.45) is 0 Å². The third kappa shape index (κ3) is 3.44. The number of rotatable bonds is 6. The molecule has 0 bridgehead atoms. The molecule has 22 heavy (non-hydrogen) atoms. The summed E-state index contributed by atoms with van der Waals surface area (Å²) in [6.07, 6.45) is 3.44. The molecule has 6 heteroatoms.